The van der Waals surface area contributed by atoms with E-state index in [2.05, 4.69) is 19.1 Å². The van der Waals surface area contributed by atoms with Crippen LogP contribution in [-0.4, -0.2) is 12.9 Å². The van der Waals surface area contributed by atoms with Crippen LogP contribution < -0.4 is 14.2 Å². The number of fused-ring (bicyclic) bond motifs is 1. The molecule has 0 unspecified atom stereocenters. The molecule has 1 heterocycles. The Morgan fingerprint density at radius 3 is 2.57 bits per heavy atom. The summed E-state index contributed by atoms with van der Waals surface area (Å²) < 4.78 is 17.0. The van der Waals surface area contributed by atoms with Crippen LogP contribution in [0.4, 0.5) is 0 Å². The Hall–Kier alpha value is -3.53. The van der Waals surface area contributed by atoms with Crippen LogP contribution >= 0.6 is 0 Å². The fourth-order valence-corrected chi connectivity index (χ4v) is 3.03. The van der Waals surface area contributed by atoms with Gasteiger partial charge >= 0.3 is 0 Å². The lowest BCUT2D eigenvalue weighted by molar-refractivity contribution is 0.101. The number of hydrogen-bond donors (Lipinski definition) is 0. The average molecular weight is 372 g/mol. The number of rotatable bonds is 5. The summed E-state index contributed by atoms with van der Waals surface area (Å²) in [4.78, 5) is 12.6. The molecule has 1 aliphatic heterocycles. The number of benzene rings is 3. The quantitative estimate of drug-likeness (QED) is 0.578. The normalized spacial score (nSPS) is 13.9. The minimum atomic E-state index is -0.147. The molecule has 1 aliphatic rings. The maximum atomic E-state index is 12.6. The maximum absolute atomic E-state index is 12.6. The summed E-state index contributed by atoms with van der Waals surface area (Å²) in [5.41, 5.74) is 3.61. The third-order valence-electron chi connectivity index (χ3n) is 4.59. The predicted octanol–water partition coefficient (Wildman–Crippen LogP) is 5.20. The first-order valence-electron chi connectivity index (χ1n) is 9.04. The molecule has 0 saturated heterocycles. The molecule has 4 rings (SSSR count). The smallest absolute Gasteiger partial charge is 0.231 e. The van der Waals surface area contributed by atoms with E-state index in [9.17, 15) is 4.79 Å². The Bertz CT molecular complexity index is 1050. The van der Waals surface area contributed by atoms with E-state index < -0.39 is 0 Å². The third-order valence-corrected chi connectivity index (χ3v) is 4.59. The number of ether oxygens (including phenoxy) is 3. The lowest BCUT2D eigenvalue weighted by atomic mass is 10.1. The summed E-state index contributed by atoms with van der Waals surface area (Å²) in [5.74, 6) is 1.98. The van der Waals surface area contributed by atoms with Crippen molar-refractivity contribution in [3.8, 4) is 17.2 Å². The van der Waals surface area contributed by atoms with Gasteiger partial charge in [0, 0.05) is 11.6 Å². The molecular formula is C24H20O4. The van der Waals surface area contributed by atoms with E-state index in [4.69, 9.17) is 14.2 Å². The summed E-state index contributed by atoms with van der Waals surface area (Å²) >= 11 is 0. The van der Waals surface area contributed by atoms with Crippen LogP contribution in [0.5, 0.6) is 17.2 Å². The number of para-hydroxylation sites is 1. The fraction of sp³-hybridized carbons (Fsp3) is 0.125. The van der Waals surface area contributed by atoms with Gasteiger partial charge in [0.15, 0.2) is 5.76 Å². The van der Waals surface area contributed by atoms with Crippen LogP contribution in [0.1, 0.15) is 27.0 Å². The molecule has 4 heteroatoms. The SMILES string of the molecule is COc1ccccc1C=C1Oc2cc(OCc3ccc(C)cc3)ccc2C1=O. The Morgan fingerprint density at radius 1 is 1.00 bits per heavy atom. The van der Waals surface area contributed by atoms with Crippen molar-refractivity contribution in [2.24, 2.45) is 0 Å². The second-order valence-electron chi connectivity index (χ2n) is 6.61. The van der Waals surface area contributed by atoms with Gasteiger partial charge in [0.05, 0.1) is 12.7 Å². The van der Waals surface area contributed by atoms with Crippen molar-refractivity contribution in [2.45, 2.75) is 13.5 Å². The van der Waals surface area contributed by atoms with Crippen LogP contribution in [0.2, 0.25) is 0 Å². The van der Waals surface area contributed by atoms with Crippen molar-refractivity contribution in [3.05, 3.63) is 94.7 Å². The molecule has 0 aromatic heterocycles. The Labute approximate surface area is 164 Å². The van der Waals surface area contributed by atoms with Crippen LogP contribution in [-0.2, 0) is 6.61 Å². The molecule has 0 fully saturated rings. The Balaban J connectivity index is 1.52. The van der Waals surface area contributed by atoms with Crippen LogP contribution in [0.3, 0.4) is 0 Å². The van der Waals surface area contributed by atoms with Crippen LogP contribution in [0.15, 0.2) is 72.5 Å². The second-order valence-corrected chi connectivity index (χ2v) is 6.61. The van der Waals surface area contributed by atoms with Crippen molar-refractivity contribution >= 4 is 11.9 Å². The largest absolute Gasteiger partial charge is 0.496 e. The molecular weight excluding hydrogens is 352 g/mol. The zero-order valence-corrected chi connectivity index (χ0v) is 15.8. The number of aryl methyl sites for hydroxylation is 1. The highest BCUT2D eigenvalue weighted by Gasteiger charge is 2.28. The number of methoxy groups -OCH3 is 1. The van der Waals surface area contributed by atoms with E-state index in [-0.39, 0.29) is 11.5 Å². The van der Waals surface area contributed by atoms with Crippen molar-refractivity contribution < 1.29 is 19.0 Å². The topological polar surface area (TPSA) is 44.8 Å². The van der Waals surface area contributed by atoms with Gasteiger partial charge in [-0.15, -0.1) is 0 Å². The molecule has 28 heavy (non-hydrogen) atoms. The number of carbonyl (C=O) groups excluding carboxylic acids is 1. The van der Waals surface area contributed by atoms with Crippen molar-refractivity contribution in [2.75, 3.05) is 7.11 Å². The minimum absolute atomic E-state index is 0.147. The van der Waals surface area contributed by atoms with E-state index in [0.717, 1.165) is 11.1 Å². The van der Waals surface area contributed by atoms with Gasteiger partial charge in [-0.3, -0.25) is 4.79 Å². The highest BCUT2D eigenvalue weighted by atomic mass is 16.5. The summed E-state index contributed by atoms with van der Waals surface area (Å²) in [6, 6.07) is 21.0. The maximum Gasteiger partial charge on any atom is 0.231 e. The lowest BCUT2D eigenvalue weighted by Crippen LogP contribution is -1.98. The zero-order valence-electron chi connectivity index (χ0n) is 15.8. The number of carbonyl (C=O) groups is 1. The fourth-order valence-electron chi connectivity index (χ4n) is 3.03. The molecule has 4 nitrogen and oxygen atoms in total. The van der Waals surface area contributed by atoms with Crippen molar-refractivity contribution in [1.82, 2.24) is 0 Å². The van der Waals surface area contributed by atoms with Crippen molar-refractivity contribution in [3.63, 3.8) is 0 Å². The van der Waals surface area contributed by atoms with Gasteiger partial charge < -0.3 is 14.2 Å². The highest BCUT2D eigenvalue weighted by molar-refractivity contribution is 6.14. The number of ketones is 1. The molecule has 0 amide bonds. The third kappa shape index (κ3) is 3.62. The molecule has 0 radical (unpaired) electrons. The van der Waals surface area contributed by atoms with Crippen LogP contribution in [0.25, 0.3) is 6.08 Å². The van der Waals surface area contributed by atoms with Crippen LogP contribution in [0, 0.1) is 6.92 Å². The predicted molar refractivity (Wildman–Crippen MR) is 108 cm³/mol. The minimum Gasteiger partial charge on any atom is -0.496 e. The number of hydrogen-bond acceptors (Lipinski definition) is 4. The van der Waals surface area contributed by atoms with Gasteiger partial charge in [-0.05, 0) is 36.8 Å². The van der Waals surface area contributed by atoms with E-state index in [1.165, 1.54) is 5.56 Å². The molecule has 0 bridgehead atoms. The molecule has 0 aliphatic carbocycles. The first kappa shape index (κ1) is 17.9. The molecule has 0 atom stereocenters. The van der Waals surface area contributed by atoms with Gasteiger partial charge in [-0.2, -0.15) is 0 Å². The molecule has 0 saturated carbocycles. The Morgan fingerprint density at radius 2 is 1.79 bits per heavy atom. The zero-order chi connectivity index (χ0) is 19.5. The van der Waals surface area contributed by atoms with Gasteiger partial charge in [0.2, 0.25) is 5.78 Å². The van der Waals surface area contributed by atoms with E-state index in [1.807, 2.05) is 36.4 Å². The molecule has 0 N–H and O–H groups in total. The van der Waals surface area contributed by atoms with E-state index >= 15 is 0 Å². The second kappa shape index (κ2) is 7.61. The highest BCUT2D eigenvalue weighted by Crippen LogP contribution is 2.35. The summed E-state index contributed by atoms with van der Waals surface area (Å²) in [6.07, 6.45) is 1.70. The first-order chi connectivity index (χ1) is 13.6. The number of allylic oxidation sites excluding steroid dienone is 1. The van der Waals surface area contributed by atoms with E-state index in [1.54, 1.807) is 31.4 Å². The summed E-state index contributed by atoms with van der Waals surface area (Å²) in [5, 5.41) is 0. The number of Topliss-reactive ketones (excluding diaryl/α,β-unsaturated/α-hetero) is 1. The monoisotopic (exact) mass is 372 g/mol. The standard InChI is InChI=1S/C24H20O4/c1-16-7-9-17(10-8-16)15-27-19-11-12-20-22(14-19)28-23(24(20)25)13-18-5-3-4-6-21(18)26-2/h3-14H,15H2,1-2H3. The van der Waals surface area contributed by atoms with Gasteiger partial charge in [0.1, 0.15) is 23.9 Å². The molecule has 140 valence electrons. The molecule has 3 aromatic rings. The van der Waals surface area contributed by atoms with Gasteiger partial charge in [-0.1, -0.05) is 48.0 Å². The average Bonchev–Trinajstić information content (AvgIpc) is 3.03. The summed E-state index contributed by atoms with van der Waals surface area (Å²) in [7, 11) is 1.60. The molecule has 0 spiro atoms. The van der Waals surface area contributed by atoms with E-state index in [0.29, 0.717) is 29.4 Å². The molecule has 3 aromatic carbocycles. The lowest BCUT2D eigenvalue weighted by Gasteiger charge is -2.08. The first-order valence-corrected chi connectivity index (χ1v) is 9.04. The van der Waals surface area contributed by atoms with Crippen molar-refractivity contribution in [1.29, 1.82) is 0 Å². The van der Waals surface area contributed by atoms with Gasteiger partial charge in [0.25, 0.3) is 0 Å². The Kier molecular flexibility index (Phi) is 4.85. The summed E-state index contributed by atoms with van der Waals surface area (Å²) in [6.45, 7) is 2.51. The van der Waals surface area contributed by atoms with Gasteiger partial charge in [-0.25, -0.2) is 0 Å².